The molecule has 2 nitrogen and oxygen atoms in total. The van der Waals surface area contributed by atoms with Crippen molar-refractivity contribution in [2.24, 2.45) is 0 Å². The van der Waals surface area contributed by atoms with Gasteiger partial charge in [0.15, 0.2) is 0 Å². The molecule has 3 rings (SSSR count). The van der Waals surface area contributed by atoms with Gasteiger partial charge in [-0.05, 0) is 17.5 Å². The lowest BCUT2D eigenvalue weighted by Crippen LogP contribution is -1.96. The molecule has 1 saturated carbocycles. The van der Waals surface area contributed by atoms with Crippen LogP contribution in [0.3, 0.4) is 0 Å². The van der Waals surface area contributed by atoms with Crippen LogP contribution in [0, 0.1) is 0 Å². The summed E-state index contributed by atoms with van der Waals surface area (Å²) < 4.78 is 10.7. The minimum Gasteiger partial charge on any atom is -0.496 e. The molecular weight excluding hydrogens is 420 g/mol. The Morgan fingerprint density at radius 3 is 1.91 bits per heavy atom. The Balaban J connectivity index is 0.000000168. The van der Waals surface area contributed by atoms with Gasteiger partial charge in [0, 0.05) is 9.81 Å². The van der Waals surface area contributed by atoms with Crippen molar-refractivity contribution in [3.63, 3.8) is 0 Å². The van der Waals surface area contributed by atoms with Gasteiger partial charge in [0.05, 0.1) is 19.0 Å². The molecule has 0 aromatic heterocycles. The van der Waals surface area contributed by atoms with Crippen molar-refractivity contribution in [3.8, 4) is 0 Å². The maximum absolute atomic E-state index is 5.60. The smallest absolute Gasteiger partial charge is 0.112 e. The van der Waals surface area contributed by atoms with Crippen LogP contribution in [0.5, 0.6) is 0 Å². The van der Waals surface area contributed by atoms with E-state index < -0.39 is 0 Å². The number of halogens is 2. The van der Waals surface area contributed by atoms with Gasteiger partial charge in [-0.1, -0.05) is 92.5 Å². The summed E-state index contributed by atoms with van der Waals surface area (Å²) in [5.41, 5.74) is 2.43. The quantitative estimate of drug-likeness (QED) is 0.417. The fourth-order valence-electron chi connectivity index (χ4n) is 1.85. The summed E-state index contributed by atoms with van der Waals surface area (Å²) in [6, 6.07) is 20.3. The van der Waals surface area contributed by atoms with Crippen molar-refractivity contribution in [3.05, 3.63) is 83.0 Å². The summed E-state index contributed by atoms with van der Waals surface area (Å²) in [6.45, 7) is 1.37. The molecule has 2 atom stereocenters. The number of hydrogen-bond donors (Lipinski definition) is 0. The van der Waals surface area contributed by atoms with E-state index in [0.29, 0.717) is 17.5 Å². The Morgan fingerprint density at radius 1 is 0.913 bits per heavy atom. The fraction of sp³-hybridized carbons (Fsp3) is 0.263. The number of benzene rings is 2. The lowest BCUT2D eigenvalue weighted by molar-refractivity contribution is 0.107. The molecule has 1 fully saturated rings. The summed E-state index contributed by atoms with van der Waals surface area (Å²) in [5.74, 6) is 0. The zero-order chi connectivity index (χ0) is 16.3. The SMILES string of the molecule is Br/C=C\OCc1ccccc1.Br[C@H]1C[C@H]1OCc1ccccc1. The van der Waals surface area contributed by atoms with E-state index in [0.717, 1.165) is 13.0 Å². The maximum Gasteiger partial charge on any atom is 0.112 e. The molecule has 2 aromatic rings. The average Bonchev–Trinajstić information content (AvgIpc) is 3.31. The Labute approximate surface area is 154 Å². The van der Waals surface area contributed by atoms with Crippen molar-refractivity contribution in [1.29, 1.82) is 0 Å². The largest absolute Gasteiger partial charge is 0.496 e. The van der Waals surface area contributed by atoms with Gasteiger partial charge in [0.2, 0.25) is 0 Å². The lowest BCUT2D eigenvalue weighted by atomic mass is 10.2. The fourth-order valence-corrected chi connectivity index (χ4v) is 2.52. The van der Waals surface area contributed by atoms with Crippen LogP contribution in [0.2, 0.25) is 0 Å². The second-order valence-corrected chi connectivity index (χ2v) is 6.85. The van der Waals surface area contributed by atoms with Crippen LogP contribution in [0.1, 0.15) is 17.5 Å². The zero-order valence-electron chi connectivity index (χ0n) is 12.8. The molecule has 0 aliphatic heterocycles. The molecule has 1 aliphatic carbocycles. The van der Waals surface area contributed by atoms with Gasteiger partial charge in [-0.25, -0.2) is 0 Å². The van der Waals surface area contributed by atoms with Crippen LogP contribution in [0.25, 0.3) is 0 Å². The molecule has 23 heavy (non-hydrogen) atoms. The van der Waals surface area contributed by atoms with E-state index in [1.54, 1.807) is 11.2 Å². The molecule has 0 N–H and O–H groups in total. The number of alkyl halides is 1. The molecule has 1 aliphatic rings. The third-order valence-corrected chi connectivity index (χ3v) is 4.38. The Bertz CT molecular complexity index is 572. The number of ether oxygens (including phenoxy) is 2. The van der Waals surface area contributed by atoms with Gasteiger partial charge < -0.3 is 9.47 Å². The monoisotopic (exact) mass is 438 g/mol. The van der Waals surface area contributed by atoms with Gasteiger partial charge in [0.1, 0.15) is 6.61 Å². The van der Waals surface area contributed by atoms with Crippen LogP contribution in [0.15, 0.2) is 71.9 Å². The second kappa shape index (κ2) is 10.6. The van der Waals surface area contributed by atoms with Crippen molar-refractivity contribution >= 4 is 31.9 Å². The Hall–Kier alpha value is -1.10. The first-order chi connectivity index (χ1) is 11.3. The molecule has 0 heterocycles. The second-order valence-electron chi connectivity index (χ2n) is 5.15. The van der Waals surface area contributed by atoms with E-state index in [1.807, 2.05) is 48.5 Å². The summed E-state index contributed by atoms with van der Waals surface area (Å²) in [5, 5.41) is 0. The summed E-state index contributed by atoms with van der Waals surface area (Å²) in [6.07, 6.45) is 3.23. The molecule has 122 valence electrons. The van der Waals surface area contributed by atoms with Crippen molar-refractivity contribution in [1.82, 2.24) is 0 Å². The van der Waals surface area contributed by atoms with Crippen LogP contribution < -0.4 is 0 Å². The first-order valence-electron chi connectivity index (χ1n) is 7.50. The minimum atomic E-state index is 0.449. The van der Waals surface area contributed by atoms with E-state index in [2.05, 4.69) is 44.0 Å². The predicted molar refractivity (Wildman–Crippen MR) is 102 cm³/mol. The van der Waals surface area contributed by atoms with Crippen molar-refractivity contribution in [2.45, 2.75) is 30.6 Å². The van der Waals surface area contributed by atoms with Gasteiger partial charge in [-0.2, -0.15) is 0 Å². The first-order valence-corrected chi connectivity index (χ1v) is 9.33. The number of hydrogen-bond acceptors (Lipinski definition) is 2. The van der Waals surface area contributed by atoms with Crippen LogP contribution in [-0.4, -0.2) is 10.9 Å². The van der Waals surface area contributed by atoms with Crippen LogP contribution in [0.4, 0.5) is 0 Å². The van der Waals surface area contributed by atoms with Crippen LogP contribution in [-0.2, 0) is 22.7 Å². The molecule has 2 aromatic carbocycles. The molecule has 0 amide bonds. The molecule has 4 heteroatoms. The van der Waals surface area contributed by atoms with Gasteiger partial charge in [0.25, 0.3) is 0 Å². The summed E-state index contributed by atoms with van der Waals surface area (Å²) >= 11 is 6.61. The van der Waals surface area contributed by atoms with Gasteiger partial charge >= 0.3 is 0 Å². The standard InChI is InChI=1S/C10H11BrO.C9H9BrO/c11-9-6-10(9)12-7-8-4-2-1-3-5-8;10-6-7-11-8-9-4-2-1-3-5-9/h1-5,9-10H,6-7H2;1-7H,8H2/b;7-6-/t9-,10+;/m0./s1. The Kier molecular flexibility index (Phi) is 8.43. The molecule has 0 spiro atoms. The third kappa shape index (κ3) is 7.82. The van der Waals surface area contributed by atoms with Crippen LogP contribution >= 0.6 is 31.9 Å². The highest BCUT2D eigenvalue weighted by atomic mass is 79.9. The highest BCUT2D eigenvalue weighted by Crippen LogP contribution is 2.33. The van der Waals surface area contributed by atoms with E-state index in [4.69, 9.17) is 9.47 Å². The first kappa shape index (κ1) is 18.2. The normalized spacial score (nSPS) is 19.0. The summed E-state index contributed by atoms with van der Waals surface area (Å²) in [7, 11) is 0. The highest BCUT2D eigenvalue weighted by Gasteiger charge is 2.35. The highest BCUT2D eigenvalue weighted by molar-refractivity contribution is 9.11. The molecular formula is C19H20Br2O2. The molecule has 0 bridgehead atoms. The Morgan fingerprint density at radius 2 is 1.43 bits per heavy atom. The van der Waals surface area contributed by atoms with Crippen molar-refractivity contribution < 1.29 is 9.47 Å². The van der Waals surface area contributed by atoms with Crippen molar-refractivity contribution in [2.75, 3.05) is 0 Å². The van der Waals surface area contributed by atoms with Gasteiger partial charge in [-0.3, -0.25) is 0 Å². The van der Waals surface area contributed by atoms with E-state index >= 15 is 0 Å². The summed E-state index contributed by atoms with van der Waals surface area (Å²) in [4.78, 5) is 2.29. The van der Waals surface area contributed by atoms with E-state index in [9.17, 15) is 0 Å². The minimum absolute atomic E-state index is 0.449. The predicted octanol–water partition coefficient (Wildman–Crippen LogP) is 5.81. The lowest BCUT2D eigenvalue weighted by Gasteiger charge is -2.01. The third-order valence-electron chi connectivity index (χ3n) is 3.21. The molecule has 0 unspecified atom stereocenters. The average molecular weight is 440 g/mol. The molecule has 0 saturated heterocycles. The molecule has 0 radical (unpaired) electrons. The zero-order valence-corrected chi connectivity index (χ0v) is 15.9. The van der Waals surface area contributed by atoms with E-state index in [1.165, 1.54) is 11.1 Å². The topological polar surface area (TPSA) is 18.5 Å². The number of rotatable bonds is 6. The van der Waals surface area contributed by atoms with Gasteiger partial charge in [-0.15, -0.1) is 0 Å². The van der Waals surface area contributed by atoms with E-state index in [-0.39, 0.29) is 0 Å². The maximum atomic E-state index is 5.60.